The van der Waals surface area contributed by atoms with Crippen LogP contribution < -0.4 is 4.90 Å². The number of halogens is 1. The zero-order chi connectivity index (χ0) is 22.4. The molecule has 0 spiro atoms. The SMILES string of the molecule is CC(=O)c1ccc(N2CCN(Cn3nc4cc(C)c5ccccc5n4c3=S)CC2)c(F)c1. The summed E-state index contributed by atoms with van der Waals surface area (Å²) in [5, 5.41) is 5.93. The van der Waals surface area contributed by atoms with Gasteiger partial charge >= 0.3 is 0 Å². The molecule has 3 heterocycles. The fourth-order valence-corrected chi connectivity index (χ4v) is 4.70. The molecule has 0 atom stereocenters. The maximum absolute atomic E-state index is 14.5. The summed E-state index contributed by atoms with van der Waals surface area (Å²) in [4.78, 5) is 15.8. The van der Waals surface area contributed by atoms with Gasteiger partial charge in [0.1, 0.15) is 5.82 Å². The molecule has 8 heteroatoms. The Hall–Kier alpha value is -3.10. The van der Waals surface area contributed by atoms with Crippen LogP contribution in [0.1, 0.15) is 22.8 Å². The van der Waals surface area contributed by atoms with Crippen LogP contribution in [-0.2, 0) is 6.67 Å². The third kappa shape index (κ3) is 3.59. The monoisotopic (exact) mass is 449 g/mol. The van der Waals surface area contributed by atoms with E-state index in [0.29, 0.717) is 35.8 Å². The number of carbonyl (C=O) groups is 1. The highest BCUT2D eigenvalue weighted by atomic mass is 32.1. The number of hydrogen-bond acceptors (Lipinski definition) is 5. The van der Waals surface area contributed by atoms with Gasteiger partial charge in [0.25, 0.3) is 0 Å². The molecule has 6 nitrogen and oxygen atoms in total. The third-order valence-electron chi connectivity index (χ3n) is 6.18. The number of anilines is 1. The summed E-state index contributed by atoms with van der Waals surface area (Å²) in [6.07, 6.45) is 0. The molecule has 164 valence electrons. The Morgan fingerprint density at radius 2 is 1.84 bits per heavy atom. The molecule has 0 unspecified atom stereocenters. The number of pyridine rings is 1. The van der Waals surface area contributed by atoms with Crippen LogP contribution in [0.2, 0.25) is 0 Å². The molecular weight excluding hydrogens is 425 g/mol. The maximum Gasteiger partial charge on any atom is 0.204 e. The number of nitrogens with zero attached hydrogens (tertiary/aromatic N) is 5. The van der Waals surface area contributed by atoms with Crippen LogP contribution in [-0.4, -0.2) is 51.0 Å². The van der Waals surface area contributed by atoms with E-state index in [2.05, 4.69) is 30.0 Å². The second kappa shape index (κ2) is 8.11. The summed E-state index contributed by atoms with van der Waals surface area (Å²) < 4.78 is 19.1. The number of aryl methyl sites for hydroxylation is 1. The van der Waals surface area contributed by atoms with Gasteiger partial charge in [0.15, 0.2) is 11.4 Å². The number of Topliss-reactive ketones (excluding diaryl/α,β-unsaturated/α-hetero) is 1. The molecular formula is C24H24FN5OS. The number of piperazine rings is 1. The van der Waals surface area contributed by atoms with Gasteiger partial charge in [-0.25, -0.2) is 9.07 Å². The van der Waals surface area contributed by atoms with Crippen LogP contribution in [0.15, 0.2) is 48.5 Å². The fraction of sp³-hybridized carbons (Fsp3) is 0.292. The van der Waals surface area contributed by atoms with Gasteiger partial charge in [-0.3, -0.25) is 14.1 Å². The summed E-state index contributed by atoms with van der Waals surface area (Å²) in [7, 11) is 0. The lowest BCUT2D eigenvalue weighted by Gasteiger charge is -2.36. The molecule has 4 aromatic rings. The van der Waals surface area contributed by atoms with Crippen molar-refractivity contribution >= 4 is 40.2 Å². The highest BCUT2D eigenvalue weighted by Gasteiger charge is 2.21. The van der Waals surface area contributed by atoms with Crippen LogP contribution >= 0.6 is 12.2 Å². The molecule has 1 fully saturated rings. The first kappa shape index (κ1) is 20.8. The van der Waals surface area contributed by atoms with E-state index >= 15 is 0 Å². The number of hydrogen-bond donors (Lipinski definition) is 0. The van der Waals surface area contributed by atoms with Gasteiger partial charge in [-0.1, -0.05) is 18.2 Å². The van der Waals surface area contributed by atoms with Crippen molar-refractivity contribution in [3.05, 3.63) is 70.2 Å². The molecule has 0 saturated carbocycles. The number of benzene rings is 2. The minimum absolute atomic E-state index is 0.132. The van der Waals surface area contributed by atoms with E-state index in [1.807, 2.05) is 26.1 Å². The molecule has 0 radical (unpaired) electrons. The Morgan fingerprint density at radius 3 is 2.56 bits per heavy atom. The summed E-state index contributed by atoms with van der Waals surface area (Å²) in [6, 6.07) is 15.0. The molecule has 2 aromatic carbocycles. The molecule has 0 bridgehead atoms. The predicted molar refractivity (Wildman–Crippen MR) is 126 cm³/mol. The van der Waals surface area contributed by atoms with Crippen LogP contribution in [0.3, 0.4) is 0 Å². The second-order valence-electron chi connectivity index (χ2n) is 8.29. The topological polar surface area (TPSA) is 45.8 Å². The van der Waals surface area contributed by atoms with Crippen molar-refractivity contribution in [1.82, 2.24) is 19.1 Å². The van der Waals surface area contributed by atoms with Crippen LogP contribution in [0.4, 0.5) is 10.1 Å². The van der Waals surface area contributed by atoms with E-state index in [4.69, 9.17) is 17.3 Å². The van der Waals surface area contributed by atoms with Crippen LogP contribution in [0.5, 0.6) is 0 Å². The summed E-state index contributed by atoms with van der Waals surface area (Å²) in [5.74, 6) is -0.483. The Balaban J connectivity index is 1.35. The molecule has 0 aliphatic carbocycles. The third-order valence-corrected chi connectivity index (χ3v) is 6.57. The normalized spacial score (nSPS) is 15.0. The molecule has 0 amide bonds. The van der Waals surface area contributed by atoms with E-state index in [-0.39, 0.29) is 11.6 Å². The first-order chi connectivity index (χ1) is 15.4. The minimum Gasteiger partial charge on any atom is -0.367 e. The van der Waals surface area contributed by atoms with E-state index < -0.39 is 0 Å². The number of aromatic nitrogens is 3. The minimum atomic E-state index is -0.351. The van der Waals surface area contributed by atoms with E-state index in [9.17, 15) is 9.18 Å². The lowest BCUT2D eigenvalue weighted by molar-refractivity contribution is 0.101. The molecule has 1 saturated heterocycles. The van der Waals surface area contributed by atoms with Crippen molar-refractivity contribution in [2.75, 3.05) is 31.1 Å². The second-order valence-corrected chi connectivity index (χ2v) is 8.65. The summed E-state index contributed by atoms with van der Waals surface area (Å²) in [5.41, 5.74) is 4.02. The highest BCUT2D eigenvalue weighted by molar-refractivity contribution is 7.71. The van der Waals surface area contributed by atoms with Crippen molar-refractivity contribution in [3.63, 3.8) is 0 Å². The summed E-state index contributed by atoms with van der Waals surface area (Å²) >= 11 is 5.77. The molecule has 1 aliphatic heterocycles. The van der Waals surface area contributed by atoms with E-state index in [0.717, 1.165) is 24.3 Å². The maximum atomic E-state index is 14.5. The van der Waals surface area contributed by atoms with Crippen molar-refractivity contribution in [3.8, 4) is 0 Å². The van der Waals surface area contributed by atoms with E-state index in [1.54, 1.807) is 12.1 Å². The average Bonchev–Trinajstić information content (AvgIpc) is 3.09. The van der Waals surface area contributed by atoms with Crippen molar-refractivity contribution in [2.24, 2.45) is 0 Å². The van der Waals surface area contributed by atoms with Crippen molar-refractivity contribution in [2.45, 2.75) is 20.5 Å². The summed E-state index contributed by atoms with van der Waals surface area (Å²) in [6.45, 7) is 7.05. The Labute approximate surface area is 190 Å². The molecule has 1 aliphatic rings. The first-order valence-corrected chi connectivity index (χ1v) is 11.1. The Morgan fingerprint density at radius 1 is 1.09 bits per heavy atom. The van der Waals surface area contributed by atoms with Crippen molar-refractivity contribution < 1.29 is 9.18 Å². The largest absolute Gasteiger partial charge is 0.367 e. The number of ketones is 1. The highest BCUT2D eigenvalue weighted by Crippen LogP contribution is 2.24. The van der Waals surface area contributed by atoms with Gasteiger partial charge < -0.3 is 4.90 Å². The predicted octanol–water partition coefficient (Wildman–Crippen LogP) is 4.45. The first-order valence-electron chi connectivity index (χ1n) is 10.7. The zero-order valence-corrected chi connectivity index (χ0v) is 18.9. The van der Waals surface area contributed by atoms with E-state index in [1.165, 1.54) is 23.9 Å². The zero-order valence-electron chi connectivity index (χ0n) is 18.1. The molecule has 5 rings (SSSR count). The standard InChI is InChI=1S/C24H24FN5OS/c1-16-13-23-26-29(24(32)30(23)21-6-4-3-5-19(16)21)15-27-9-11-28(12-10-27)22-8-7-18(17(2)31)14-20(22)25/h3-8,13-14H,9-12,15H2,1-2H3. The molecule has 0 N–H and O–H groups in total. The quantitative estimate of drug-likeness (QED) is 0.340. The van der Waals surface area contributed by atoms with Gasteiger partial charge in [0, 0.05) is 37.1 Å². The Kier molecular flexibility index (Phi) is 5.27. The number of carbonyl (C=O) groups excluding carboxylic acids is 1. The van der Waals surface area contributed by atoms with Crippen molar-refractivity contribution in [1.29, 1.82) is 0 Å². The van der Waals surface area contributed by atoms with Gasteiger partial charge in [0.05, 0.1) is 17.9 Å². The molecule has 32 heavy (non-hydrogen) atoms. The van der Waals surface area contributed by atoms with Crippen LogP contribution in [0, 0.1) is 17.5 Å². The smallest absolute Gasteiger partial charge is 0.204 e. The Bertz CT molecular complexity index is 1400. The van der Waals surface area contributed by atoms with Gasteiger partial charge in [-0.2, -0.15) is 5.10 Å². The number of rotatable bonds is 4. The molecule has 2 aromatic heterocycles. The number of para-hydroxylation sites is 1. The fourth-order valence-electron chi connectivity index (χ4n) is 4.41. The average molecular weight is 450 g/mol. The lowest BCUT2D eigenvalue weighted by Crippen LogP contribution is -2.47. The van der Waals surface area contributed by atoms with Gasteiger partial charge in [-0.15, -0.1) is 0 Å². The van der Waals surface area contributed by atoms with Crippen LogP contribution in [0.25, 0.3) is 16.6 Å². The lowest BCUT2D eigenvalue weighted by atomic mass is 10.1. The number of fused-ring (bicyclic) bond motifs is 3. The van der Waals surface area contributed by atoms with Gasteiger partial charge in [-0.05, 0) is 62.0 Å². The van der Waals surface area contributed by atoms with Gasteiger partial charge in [0.2, 0.25) is 4.77 Å².